The number of carboxylic acid groups (broad SMARTS) is 1. The van der Waals surface area contributed by atoms with Crippen molar-refractivity contribution in [1.82, 2.24) is 5.32 Å². The highest BCUT2D eigenvalue weighted by atomic mass is 16.5. The fourth-order valence-electron chi connectivity index (χ4n) is 1.73. The lowest BCUT2D eigenvalue weighted by molar-refractivity contribution is -0.144. The molecule has 0 fully saturated rings. The minimum atomic E-state index is -1.08. The van der Waals surface area contributed by atoms with Gasteiger partial charge in [-0.05, 0) is 13.3 Å². The number of nitrogens with one attached hydrogen (secondary N) is 1. The molecule has 8 nitrogen and oxygen atoms in total. The molecule has 0 aromatic rings. The lowest BCUT2D eigenvalue weighted by atomic mass is 9.96. The van der Waals surface area contributed by atoms with Gasteiger partial charge in [0, 0.05) is 26.3 Å². The highest BCUT2D eigenvalue weighted by molar-refractivity contribution is 5.85. The maximum absolute atomic E-state index is 11.7. The van der Waals surface area contributed by atoms with E-state index in [1.54, 1.807) is 0 Å². The van der Waals surface area contributed by atoms with Crippen molar-refractivity contribution in [3.05, 3.63) is 0 Å². The molecule has 0 spiro atoms. The molecule has 0 radical (unpaired) electrons. The van der Waals surface area contributed by atoms with Crippen LogP contribution in [0.4, 0.5) is 0 Å². The molecule has 0 saturated carbocycles. The molecule has 0 aliphatic rings. The van der Waals surface area contributed by atoms with Gasteiger partial charge in [-0.15, -0.1) is 0 Å². The number of hydrogen-bond donors (Lipinski definition) is 2. The quantitative estimate of drug-likeness (QED) is 0.436. The summed E-state index contributed by atoms with van der Waals surface area (Å²) in [6.45, 7) is 3.86. The first-order valence-electron chi connectivity index (χ1n) is 7.46. The summed E-state index contributed by atoms with van der Waals surface area (Å²) in [7, 11) is 0. The Morgan fingerprint density at radius 1 is 1.04 bits per heavy atom. The molecule has 0 heterocycles. The summed E-state index contributed by atoms with van der Waals surface area (Å²) in [4.78, 5) is 44.1. The summed E-state index contributed by atoms with van der Waals surface area (Å²) in [5.74, 6) is -2.49. The minimum absolute atomic E-state index is 0.101. The molecule has 8 heteroatoms. The standard InChI is InChI=1S/C15H25NO7/c1-11(17)3-4-13(15(20)21)9-14(19)10-23-8-7-22-6-5-16-12(2)18/h13H,3-10H2,1-2H3,(H,16,18)(H,20,21)/t13-/m1/s1. The minimum Gasteiger partial charge on any atom is -0.481 e. The van der Waals surface area contributed by atoms with Crippen molar-refractivity contribution in [3.8, 4) is 0 Å². The van der Waals surface area contributed by atoms with E-state index in [9.17, 15) is 19.2 Å². The molecule has 0 unspecified atom stereocenters. The van der Waals surface area contributed by atoms with Crippen LogP contribution < -0.4 is 5.32 Å². The molecular weight excluding hydrogens is 306 g/mol. The average Bonchev–Trinajstić information content (AvgIpc) is 2.45. The third kappa shape index (κ3) is 13.6. The molecule has 132 valence electrons. The van der Waals surface area contributed by atoms with Gasteiger partial charge >= 0.3 is 5.97 Å². The maximum Gasteiger partial charge on any atom is 0.306 e. The van der Waals surface area contributed by atoms with Crippen molar-refractivity contribution < 1.29 is 33.8 Å². The Balaban J connectivity index is 3.73. The first-order valence-corrected chi connectivity index (χ1v) is 7.46. The van der Waals surface area contributed by atoms with Crippen LogP contribution in [0.25, 0.3) is 0 Å². The van der Waals surface area contributed by atoms with Crippen LogP contribution >= 0.6 is 0 Å². The SMILES string of the molecule is CC(=O)CC[C@H](CC(=O)COCCOCCNC(C)=O)C(=O)O. The monoisotopic (exact) mass is 331 g/mol. The van der Waals surface area contributed by atoms with Crippen LogP contribution in [0.15, 0.2) is 0 Å². The summed E-state index contributed by atoms with van der Waals surface area (Å²) in [6, 6.07) is 0. The lowest BCUT2D eigenvalue weighted by Crippen LogP contribution is -2.25. The van der Waals surface area contributed by atoms with E-state index in [2.05, 4.69) is 5.32 Å². The molecule has 1 amide bonds. The normalized spacial score (nSPS) is 11.7. The number of Topliss-reactive ketones (excluding diaryl/α,β-unsaturated/α-hetero) is 2. The summed E-state index contributed by atoms with van der Waals surface area (Å²) >= 11 is 0. The lowest BCUT2D eigenvalue weighted by Gasteiger charge is -2.11. The van der Waals surface area contributed by atoms with Crippen molar-refractivity contribution in [2.24, 2.45) is 5.92 Å². The first kappa shape index (κ1) is 21.2. The van der Waals surface area contributed by atoms with E-state index >= 15 is 0 Å². The van der Waals surface area contributed by atoms with E-state index < -0.39 is 11.9 Å². The van der Waals surface area contributed by atoms with Gasteiger partial charge in [-0.1, -0.05) is 0 Å². The molecule has 1 atom stereocenters. The first-order chi connectivity index (χ1) is 10.8. The van der Waals surface area contributed by atoms with Crippen molar-refractivity contribution >= 4 is 23.4 Å². The van der Waals surface area contributed by atoms with E-state index in [4.69, 9.17) is 14.6 Å². The zero-order valence-corrected chi connectivity index (χ0v) is 13.6. The van der Waals surface area contributed by atoms with Gasteiger partial charge in [-0.2, -0.15) is 0 Å². The molecule has 0 aromatic carbocycles. The second kappa shape index (κ2) is 12.7. The van der Waals surface area contributed by atoms with Crippen LogP contribution in [-0.2, 0) is 28.7 Å². The van der Waals surface area contributed by atoms with Gasteiger partial charge in [0.15, 0.2) is 5.78 Å². The Bertz CT molecular complexity index is 409. The number of aliphatic carboxylic acids is 1. The van der Waals surface area contributed by atoms with Gasteiger partial charge in [0.05, 0.1) is 25.7 Å². The molecule has 0 aliphatic carbocycles. The van der Waals surface area contributed by atoms with E-state index in [-0.39, 0.29) is 56.6 Å². The molecule has 2 N–H and O–H groups in total. The number of rotatable bonds is 14. The van der Waals surface area contributed by atoms with Gasteiger partial charge in [-0.3, -0.25) is 14.4 Å². The highest BCUT2D eigenvalue weighted by Crippen LogP contribution is 2.12. The Morgan fingerprint density at radius 2 is 1.70 bits per heavy atom. The van der Waals surface area contributed by atoms with Gasteiger partial charge in [0.25, 0.3) is 0 Å². The predicted octanol–water partition coefficient (Wildman–Crippen LogP) is 0.185. The van der Waals surface area contributed by atoms with Crippen molar-refractivity contribution in [3.63, 3.8) is 0 Å². The predicted molar refractivity (Wildman–Crippen MR) is 81.0 cm³/mol. The number of ether oxygens (including phenoxy) is 2. The molecule has 0 aromatic heterocycles. The molecule has 23 heavy (non-hydrogen) atoms. The summed E-state index contributed by atoms with van der Waals surface area (Å²) in [5.41, 5.74) is 0. The number of hydrogen-bond acceptors (Lipinski definition) is 6. The van der Waals surface area contributed by atoms with Crippen LogP contribution in [0, 0.1) is 5.92 Å². The fourth-order valence-corrected chi connectivity index (χ4v) is 1.73. The number of carboxylic acids is 1. The fraction of sp³-hybridized carbons (Fsp3) is 0.733. The molecule has 0 saturated heterocycles. The van der Waals surface area contributed by atoms with Gasteiger partial charge < -0.3 is 24.7 Å². The second-order valence-electron chi connectivity index (χ2n) is 5.17. The van der Waals surface area contributed by atoms with Crippen LogP contribution in [0.5, 0.6) is 0 Å². The molecule has 0 bridgehead atoms. The number of carbonyl (C=O) groups is 4. The van der Waals surface area contributed by atoms with Crippen molar-refractivity contribution in [2.45, 2.75) is 33.1 Å². The zero-order chi connectivity index (χ0) is 17.7. The summed E-state index contributed by atoms with van der Waals surface area (Å²) in [5, 5.41) is 11.6. The van der Waals surface area contributed by atoms with E-state index in [1.807, 2.05) is 0 Å². The molecule has 0 aliphatic heterocycles. The van der Waals surface area contributed by atoms with E-state index in [0.717, 1.165) is 0 Å². The Kier molecular flexibility index (Phi) is 11.7. The highest BCUT2D eigenvalue weighted by Gasteiger charge is 2.21. The zero-order valence-electron chi connectivity index (χ0n) is 13.6. The topological polar surface area (TPSA) is 119 Å². The van der Waals surface area contributed by atoms with Gasteiger partial charge in [0.1, 0.15) is 12.4 Å². The smallest absolute Gasteiger partial charge is 0.306 e. The maximum atomic E-state index is 11.7. The summed E-state index contributed by atoms with van der Waals surface area (Å²) in [6.07, 6.45) is 0.155. The van der Waals surface area contributed by atoms with Gasteiger partial charge in [0.2, 0.25) is 5.91 Å². The molecule has 0 rings (SSSR count). The van der Waals surface area contributed by atoms with E-state index in [0.29, 0.717) is 13.2 Å². The summed E-state index contributed by atoms with van der Waals surface area (Å²) < 4.78 is 10.3. The Hall–Kier alpha value is -1.80. The van der Waals surface area contributed by atoms with E-state index in [1.165, 1.54) is 13.8 Å². The van der Waals surface area contributed by atoms with Gasteiger partial charge in [-0.25, -0.2) is 0 Å². The van der Waals surface area contributed by atoms with Crippen LogP contribution in [-0.4, -0.2) is 61.5 Å². The third-order valence-electron chi connectivity index (χ3n) is 2.92. The largest absolute Gasteiger partial charge is 0.481 e. The Morgan fingerprint density at radius 3 is 2.26 bits per heavy atom. The van der Waals surface area contributed by atoms with Crippen molar-refractivity contribution in [1.29, 1.82) is 0 Å². The average molecular weight is 331 g/mol. The second-order valence-corrected chi connectivity index (χ2v) is 5.17. The van der Waals surface area contributed by atoms with Crippen LogP contribution in [0.2, 0.25) is 0 Å². The van der Waals surface area contributed by atoms with Crippen molar-refractivity contribution in [2.75, 3.05) is 33.0 Å². The van der Waals surface area contributed by atoms with Crippen LogP contribution in [0.3, 0.4) is 0 Å². The Labute approximate surface area is 135 Å². The number of amides is 1. The van der Waals surface area contributed by atoms with Crippen LogP contribution in [0.1, 0.15) is 33.1 Å². The number of ketones is 2. The number of carbonyl (C=O) groups excluding carboxylic acids is 3. The molecular formula is C15H25NO7. The third-order valence-corrected chi connectivity index (χ3v) is 2.92.